The van der Waals surface area contributed by atoms with Crippen LogP contribution in [-0.2, 0) is 10.3 Å². The summed E-state index contributed by atoms with van der Waals surface area (Å²) < 4.78 is 0. The molecular formula is C31H25N5O5. The third-order valence-electron chi connectivity index (χ3n) is 6.76. The van der Waals surface area contributed by atoms with E-state index in [4.69, 9.17) is 4.99 Å². The zero-order valence-electron chi connectivity index (χ0n) is 22.0. The van der Waals surface area contributed by atoms with E-state index in [2.05, 4.69) is 10.6 Å². The summed E-state index contributed by atoms with van der Waals surface area (Å²) in [6, 6.07) is 29.8. The average molecular weight is 548 g/mol. The molecule has 4 aromatic carbocycles. The number of non-ortho nitro benzene ring substituents is 1. The Morgan fingerprint density at radius 3 is 1.78 bits per heavy atom. The molecule has 1 heterocycles. The lowest BCUT2D eigenvalue weighted by Crippen LogP contribution is -2.43. The molecule has 0 saturated carbocycles. The summed E-state index contributed by atoms with van der Waals surface area (Å²) in [5, 5.41) is 16.0. The molecule has 10 heteroatoms. The second-order valence-electron chi connectivity index (χ2n) is 9.38. The molecule has 0 aliphatic carbocycles. The zero-order chi connectivity index (χ0) is 29.0. The molecule has 0 radical (unpaired) electrons. The van der Waals surface area contributed by atoms with Gasteiger partial charge in [0.25, 0.3) is 11.6 Å². The highest BCUT2D eigenvalue weighted by molar-refractivity contribution is 6.13. The molecule has 0 atom stereocenters. The van der Waals surface area contributed by atoms with E-state index in [1.165, 1.54) is 29.2 Å². The van der Waals surface area contributed by atoms with Crippen LogP contribution < -0.4 is 10.6 Å². The van der Waals surface area contributed by atoms with Crippen molar-refractivity contribution in [2.45, 2.75) is 12.5 Å². The van der Waals surface area contributed by atoms with Crippen molar-refractivity contribution in [1.29, 1.82) is 0 Å². The van der Waals surface area contributed by atoms with Crippen molar-refractivity contribution in [2.75, 3.05) is 17.2 Å². The number of amidine groups is 1. The van der Waals surface area contributed by atoms with Crippen LogP contribution >= 0.6 is 0 Å². The van der Waals surface area contributed by atoms with Crippen LogP contribution in [0.25, 0.3) is 0 Å². The van der Waals surface area contributed by atoms with E-state index >= 15 is 0 Å². The first-order valence-electron chi connectivity index (χ1n) is 12.7. The van der Waals surface area contributed by atoms with Crippen LogP contribution in [0.4, 0.5) is 21.9 Å². The summed E-state index contributed by atoms with van der Waals surface area (Å²) in [6.07, 6.45) is 0. The van der Waals surface area contributed by atoms with Crippen LogP contribution in [0.15, 0.2) is 114 Å². The predicted octanol–water partition coefficient (Wildman–Crippen LogP) is 5.63. The van der Waals surface area contributed by atoms with E-state index in [0.717, 1.165) is 0 Å². The Labute approximate surface area is 235 Å². The Kier molecular flexibility index (Phi) is 7.38. The molecule has 0 unspecified atom stereocenters. The summed E-state index contributed by atoms with van der Waals surface area (Å²) >= 11 is 0. The molecule has 204 valence electrons. The molecule has 5 rings (SSSR count). The largest absolute Gasteiger partial charge is 0.323 e. The van der Waals surface area contributed by atoms with Crippen LogP contribution in [0.2, 0.25) is 0 Å². The van der Waals surface area contributed by atoms with Crippen molar-refractivity contribution in [1.82, 2.24) is 4.90 Å². The Balaban J connectivity index is 1.27. The van der Waals surface area contributed by atoms with Gasteiger partial charge in [-0.15, -0.1) is 0 Å². The first kappa shape index (κ1) is 26.9. The highest BCUT2D eigenvalue weighted by atomic mass is 16.6. The smallest absolute Gasteiger partial charge is 0.308 e. The fourth-order valence-corrected chi connectivity index (χ4v) is 4.72. The van der Waals surface area contributed by atoms with E-state index in [1.54, 1.807) is 31.2 Å². The molecule has 2 N–H and O–H groups in total. The number of aliphatic imine (C=N–C) groups is 1. The van der Waals surface area contributed by atoms with Gasteiger partial charge in [-0.25, -0.2) is 9.79 Å². The molecule has 4 aromatic rings. The maximum Gasteiger partial charge on any atom is 0.323 e. The van der Waals surface area contributed by atoms with Gasteiger partial charge >= 0.3 is 6.03 Å². The SMILES string of the molecule is CC1=NC(c2ccccc2)(c2ccccc2)C(=O)N1CC(=O)c1ccc(NC(=O)Nc2ccc([N+](=O)[O-])cc2)cc1. The van der Waals surface area contributed by atoms with E-state index in [0.29, 0.717) is 33.9 Å². The number of hydrogen-bond acceptors (Lipinski definition) is 6. The standard InChI is InChI=1S/C31H25N5O5/c1-21-34-31(23-8-4-2-5-9-23,24-10-6-3-7-11-24)29(38)35(21)20-28(37)22-12-14-25(15-13-22)32-30(39)33-26-16-18-27(19-17-26)36(40)41/h2-19H,20H2,1H3,(H2,32,33,39). The number of amides is 3. The zero-order valence-corrected chi connectivity index (χ0v) is 22.0. The van der Waals surface area contributed by atoms with Gasteiger partial charge in [-0.2, -0.15) is 0 Å². The monoisotopic (exact) mass is 547 g/mol. The molecule has 0 fully saturated rings. The highest BCUT2D eigenvalue weighted by Crippen LogP contribution is 2.40. The number of nitro groups is 1. The van der Waals surface area contributed by atoms with Crippen molar-refractivity contribution in [3.05, 3.63) is 136 Å². The fraction of sp³-hybridized carbons (Fsp3) is 0.0968. The minimum atomic E-state index is -1.28. The number of nitro benzene ring substituents is 1. The number of Topliss-reactive ketones (excluding diaryl/α,β-unsaturated/α-hetero) is 1. The first-order valence-corrected chi connectivity index (χ1v) is 12.7. The molecule has 0 saturated heterocycles. The number of anilines is 2. The minimum Gasteiger partial charge on any atom is -0.308 e. The number of rotatable bonds is 8. The summed E-state index contributed by atoms with van der Waals surface area (Å²) in [4.78, 5) is 56.0. The normalized spacial score (nSPS) is 13.8. The van der Waals surface area contributed by atoms with Crippen molar-refractivity contribution in [3.8, 4) is 0 Å². The van der Waals surface area contributed by atoms with E-state index in [1.807, 2.05) is 60.7 Å². The number of nitrogens with one attached hydrogen (secondary N) is 2. The van der Waals surface area contributed by atoms with Gasteiger partial charge in [0, 0.05) is 29.1 Å². The lowest BCUT2D eigenvalue weighted by Gasteiger charge is -2.27. The minimum absolute atomic E-state index is 0.0841. The van der Waals surface area contributed by atoms with E-state index in [9.17, 15) is 24.5 Å². The maximum absolute atomic E-state index is 14.0. The number of carbonyl (C=O) groups excluding carboxylic acids is 3. The Morgan fingerprint density at radius 1 is 0.805 bits per heavy atom. The topological polar surface area (TPSA) is 134 Å². The fourth-order valence-electron chi connectivity index (χ4n) is 4.72. The lowest BCUT2D eigenvalue weighted by atomic mass is 9.83. The molecule has 0 aromatic heterocycles. The third kappa shape index (κ3) is 5.44. The number of ketones is 1. The molecule has 1 aliphatic rings. The van der Waals surface area contributed by atoms with Crippen LogP contribution in [0.3, 0.4) is 0 Å². The summed E-state index contributed by atoms with van der Waals surface area (Å²) in [5.74, 6) is -0.147. The number of carbonyl (C=O) groups is 3. The number of hydrogen-bond donors (Lipinski definition) is 2. The van der Waals surface area contributed by atoms with Crippen LogP contribution in [0.1, 0.15) is 28.4 Å². The Hall–Kier alpha value is -5.64. The second kappa shape index (κ2) is 11.2. The number of benzene rings is 4. The van der Waals surface area contributed by atoms with Gasteiger partial charge in [0.05, 0.1) is 11.5 Å². The van der Waals surface area contributed by atoms with Gasteiger partial charge in [-0.05, 0) is 54.4 Å². The molecule has 0 spiro atoms. The van der Waals surface area contributed by atoms with E-state index < -0.39 is 16.5 Å². The van der Waals surface area contributed by atoms with Gasteiger partial charge in [0.2, 0.25) is 0 Å². The number of urea groups is 1. The highest BCUT2D eigenvalue weighted by Gasteiger charge is 2.50. The van der Waals surface area contributed by atoms with E-state index in [-0.39, 0.29) is 23.9 Å². The van der Waals surface area contributed by atoms with Crippen molar-refractivity contribution in [3.63, 3.8) is 0 Å². The second-order valence-corrected chi connectivity index (χ2v) is 9.38. The van der Waals surface area contributed by atoms with Gasteiger partial charge in [-0.1, -0.05) is 60.7 Å². The molecule has 1 aliphatic heterocycles. The van der Waals surface area contributed by atoms with Gasteiger partial charge in [0.1, 0.15) is 5.84 Å². The molecule has 41 heavy (non-hydrogen) atoms. The molecule has 3 amide bonds. The molecule has 0 bridgehead atoms. The predicted molar refractivity (Wildman–Crippen MR) is 155 cm³/mol. The maximum atomic E-state index is 14.0. The molecular weight excluding hydrogens is 522 g/mol. The average Bonchev–Trinajstić information content (AvgIpc) is 3.24. The van der Waals surface area contributed by atoms with Crippen molar-refractivity contribution in [2.24, 2.45) is 4.99 Å². The summed E-state index contributed by atoms with van der Waals surface area (Å²) in [6.45, 7) is 1.53. The van der Waals surface area contributed by atoms with Crippen LogP contribution in [0, 0.1) is 10.1 Å². The molecule has 10 nitrogen and oxygen atoms in total. The van der Waals surface area contributed by atoms with Gasteiger partial charge in [-0.3, -0.25) is 24.6 Å². The number of nitrogens with zero attached hydrogens (tertiary/aromatic N) is 3. The van der Waals surface area contributed by atoms with Crippen LogP contribution in [0.5, 0.6) is 0 Å². The summed E-state index contributed by atoms with van der Waals surface area (Å²) in [7, 11) is 0. The van der Waals surface area contributed by atoms with Gasteiger partial charge < -0.3 is 10.6 Å². The quantitative estimate of drug-likeness (QED) is 0.168. The Morgan fingerprint density at radius 2 is 1.29 bits per heavy atom. The van der Waals surface area contributed by atoms with Crippen LogP contribution in [-0.4, -0.2) is 39.9 Å². The van der Waals surface area contributed by atoms with Crippen molar-refractivity contribution >= 4 is 40.6 Å². The van der Waals surface area contributed by atoms with Gasteiger partial charge in [0.15, 0.2) is 11.3 Å². The Bertz CT molecular complexity index is 1600. The lowest BCUT2D eigenvalue weighted by molar-refractivity contribution is -0.384. The first-order chi connectivity index (χ1) is 19.8. The summed E-state index contributed by atoms with van der Waals surface area (Å²) in [5.41, 5.74) is 1.25. The third-order valence-corrected chi connectivity index (χ3v) is 6.76. The van der Waals surface area contributed by atoms with Crippen molar-refractivity contribution < 1.29 is 19.3 Å².